The SMILES string of the molecule is CCc1cc2cc(O)ccc2c(Oc2ccc(C=CC(=O)O)cc2)c1-c1ccccc1. The van der Waals surface area contributed by atoms with Crippen LogP contribution >= 0.6 is 0 Å². The van der Waals surface area contributed by atoms with E-state index >= 15 is 0 Å². The summed E-state index contributed by atoms with van der Waals surface area (Å²) in [5, 5.41) is 20.6. The minimum Gasteiger partial charge on any atom is -0.508 e. The molecule has 0 aliphatic heterocycles. The summed E-state index contributed by atoms with van der Waals surface area (Å²) < 4.78 is 6.42. The van der Waals surface area contributed by atoms with Gasteiger partial charge in [-0.15, -0.1) is 0 Å². The predicted molar refractivity (Wildman–Crippen MR) is 124 cm³/mol. The van der Waals surface area contributed by atoms with E-state index in [1.165, 1.54) is 6.08 Å². The lowest BCUT2D eigenvalue weighted by Gasteiger charge is -2.18. The van der Waals surface area contributed by atoms with Crippen molar-refractivity contribution >= 4 is 22.8 Å². The number of ether oxygens (including phenoxy) is 1. The monoisotopic (exact) mass is 410 g/mol. The maximum atomic E-state index is 10.7. The van der Waals surface area contributed by atoms with Gasteiger partial charge in [0.15, 0.2) is 0 Å². The lowest BCUT2D eigenvalue weighted by molar-refractivity contribution is -0.131. The van der Waals surface area contributed by atoms with Gasteiger partial charge in [-0.2, -0.15) is 0 Å². The van der Waals surface area contributed by atoms with Crippen LogP contribution in [0.3, 0.4) is 0 Å². The van der Waals surface area contributed by atoms with Crippen LogP contribution in [0.5, 0.6) is 17.2 Å². The Kier molecular flexibility index (Phi) is 5.72. The van der Waals surface area contributed by atoms with Gasteiger partial charge in [-0.3, -0.25) is 0 Å². The average molecular weight is 410 g/mol. The third kappa shape index (κ3) is 4.43. The van der Waals surface area contributed by atoms with Crippen molar-refractivity contribution in [2.75, 3.05) is 0 Å². The Morgan fingerprint density at radius 1 is 0.968 bits per heavy atom. The highest BCUT2D eigenvalue weighted by molar-refractivity contribution is 5.97. The minimum absolute atomic E-state index is 0.211. The van der Waals surface area contributed by atoms with Gasteiger partial charge in [0.1, 0.15) is 17.2 Å². The molecule has 0 aliphatic carbocycles. The summed E-state index contributed by atoms with van der Waals surface area (Å²) in [7, 11) is 0. The molecule has 4 rings (SSSR count). The van der Waals surface area contributed by atoms with Gasteiger partial charge in [0.05, 0.1) is 0 Å². The molecular formula is C27H22O4. The summed E-state index contributed by atoms with van der Waals surface area (Å²) in [6, 6.07) is 24.8. The zero-order valence-corrected chi connectivity index (χ0v) is 17.1. The van der Waals surface area contributed by atoms with Crippen molar-refractivity contribution in [1.29, 1.82) is 0 Å². The Balaban J connectivity index is 1.86. The Bertz CT molecular complexity index is 1260. The van der Waals surface area contributed by atoms with E-state index in [-0.39, 0.29) is 5.75 Å². The van der Waals surface area contributed by atoms with E-state index in [1.807, 2.05) is 48.5 Å². The van der Waals surface area contributed by atoms with E-state index in [2.05, 4.69) is 25.1 Å². The Morgan fingerprint density at radius 3 is 2.39 bits per heavy atom. The van der Waals surface area contributed by atoms with Gasteiger partial charge in [-0.05, 0) is 64.9 Å². The molecule has 2 N–H and O–H groups in total. The van der Waals surface area contributed by atoms with E-state index in [1.54, 1.807) is 12.1 Å². The number of fused-ring (bicyclic) bond motifs is 1. The molecular weight excluding hydrogens is 388 g/mol. The van der Waals surface area contributed by atoms with Gasteiger partial charge >= 0.3 is 5.97 Å². The van der Waals surface area contributed by atoms with Crippen LogP contribution in [0.25, 0.3) is 28.0 Å². The molecule has 4 aromatic rings. The Morgan fingerprint density at radius 2 is 1.71 bits per heavy atom. The Hall–Kier alpha value is -4.05. The first-order chi connectivity index (χ1) is 15.0. The van der Waals surface area contributed by atoms with Crippen LogP contribution in [-0.2, 0) is 11.2 Å². The molecule has 0 fully saturated rings. The molecule has 0 saturated carbocycles. The number of aryl methyl sites for hydroxylation is 1. The van der Waals surface area contributed by atoms with Crippen LogP contribution < -0.4 is 4.74 Å². The molecule has 4 aromatic carbocycles. The zero-order valence-electron chi connectivity index (χ0n) is 17.1. The predicted octanol–water partition coefficient (Wildman–Crippen LogP) is 6.66. The van der Waals surface area contributed by atoms with Crippen molar-refractivity contribution in [2.45, 2.75) is 13.3 Å². The van der Waals surface area contributed by atoms with Gasteiger partial charge in [-0.1, -0.05) is 55.5 Å². The van der Waals surface area contributed by atoms with E-state index in [4.69, 9.17) is 9.84 Å². The van der Waals surface area contributed by atoms with Crippen molar-refractivity contribution in [2.24, 2.45) is 0 Å². The zero-order chi connectivity index (χ0) is 21.8. The van der Waals surface area contributed by atoms with Crippen LogP contribution in [0, 0.1) is 0 Å². The number of rotatable bonds is 6. The molecule has 0 aromatic heterocycles. The number of carbonyl (C=O) groups is 1. The number of aromatic hydroxyl groups is 1. The molecule has 0 unspecified atom stereocenters. The molecule has 0 bridgehead atoms. The van der Waals surface area contributed by atoms with Crippen LogP contribution in [0.1, 0.15) is 18.1 Å². The van der Waals surface area contributed by atoms with E-state index in [0.29, 0.717) is 5.75 Å². The van der Waals surface area contributed by atoms with Crippen LogP contribution in [0.15, 0.2) is 84.9 Å². The van der Waals surface area contributed by atoms with Crippen LogP contribution in [-0.4, -0.2) is 16.2 Å². The first-order valence-corrected chi connectivity index (χ1v) is 10.1. The number of hydrogen-bond acceptors (Lipinski definition) is 3. The molecule has 4 heteroatoms. The standard InChI is InChI=1S/C27H22O4/c1-2-19-16-21-17-22(28)11-14-24(21)27(26(19)20-6-4-3-5-7-20)31-23-12-8-18(9-13-23)10-15-25(29)30/h3-17,28H,2H2,1H3,(H,29,30). The fourth-order valence-electron chi connectivity index (χ4n) is 3.66. The summed E-state index contributed by atoms with van der Waals surface area (Å²) in [6.07, 6.45) is 3.45. The summed E-state index contributed by atoms with van der Waals surface area (Å²) >= 11 is 0. The quantitative estimate of drug-likeness (QED) is 0.349. The summed E-state index contributed by atoms with van der Waals surface area (Å²) in [5.41, 5.74) is 3.98. The van der Waals surface area contributed by atoms with Gasteiger partial charge in [0, 0.05) is 17.0 Å². The summed E-state index contributed by atoms with van der Waals surface area (Å²) in [4.78, 5) is 10.7. The lowest BCUT2D eigenvalue weighted by Crippen LogP contribution is -1.96. The maximum Gasteiger partial charge on any atom is 0.328 e. The third-order valence-electron chi connectivity index (χ3n) is 5.12. The van der Waals surface area contributed by atoms with E-state index < -0.39 is 5.97 Å². The molecule has 154 valence electrons. The fraction of sp³-hybridized carbons (Fsp3) is 0.0741. The van der Waals surface area contributed by atoms with Gasteiger partial charge < -0.3 is 14.9 Å². The Labute approximate surface area is 180 Å². The molecule has 0 spiro atoms. The molecule has 0 aliphatic rings. The molecule has 0 saturated heterocycles. The number of aliphatic carboxylic acids is 1. The number of phenols is 1. The number of carboxylic acids is 1. The third-order valence-corrected chi connectivity index (χ3v) is 5.12. The first-order valence-electron chi connectivity index (χ1n) is 10.1. The largest absolute Gasteiger partial charge is 0.508 e. The second-order valence-corrected chi connectivity index (χ2v) is 7.21. The molecule has 4 nitrogen and oxygen atoms in total. The number of phenolic OH excluding ortho intramolecular Hbond substituents is 1. The summed E-state index contributed by atoms with van der Waals surface area (Å²) in [5.74, 6) is 0.600. The molecule has 0 atom stereocenters. The average Bonchev–Trinajstić information content (AvgIpc) is 2.78. The van der Waals surface area contributed by atoms with Gasteiger partial charge in [0.2, 0.25) is 0 Å². The topological polar surface area (TPSA) is 66.8 Å². The number of hydrogen-bond donors (Lipinski definition) is 2. The first kappa shape index (κ1) is 20.2. The maximum absolute atomic E-state index is 10.7. The van der Waals surface area contributed by atoms with Crippen molar-refractivity contribution in [3.63, 3.8) is 0 Å². The minimum atomic E-state index is -0.987. The van der Waals surface area contributed by atoms with Crippen LogP contribution in [0.4, 0.5) is 0 Å². The molecule has 0 amide bonds. The van der Waals surface area contributed by atoms with Crippen molar-refractivity contribution in [3.05, 3.63) is 96.1 Å². The van der Waals surface area contributed by atoms with Crippen molar-refractivity contribution < 1.29 is 19.7 Å². The van der Waals surface area contributed by atoms with E-state index in [0.717, 1.165) is 51.3 Å². The molecule has 0 radical (unpaired) electrons. The molecule has 0 heterocycles. The number of carboxylic acid groups (broad SMARTS) is 1. The highest BCUT2D eigenvalue weighted by Crippen LogP contribution is 2.43. The van der Waals surface area contributed by atoms with E-state index in [9.17, 15) is 9.90 Å². The highest BCUT2D eigenvalue weighted by atomic mass is 16.5. The fourth-order valence-corrected chi connectivity index (χ4v) is 3.66. The smallest absolute Gasteiger partial charge is 0.328 e. The number of benzene rings is 4. The lowest BCUT2D eigenvalue weighted by atomic mass is 9.92. The van der Waals surface area contributed by atoms with Gasteiger partial charge in [0.25, 0.3) is 0 Å². The van der Waals surface area contributed by atoms with Crippen molar-refractivity contribution in [1.82, 2.24) is 0 Å². The summed E-state index contributed by atoms with van der Waals surface area (Å²) in [6.45, 7) is 2.10. The van der Waals surface area contributed by atoms with Crippen molar-refractivity contribution in [3.8, 4) is 28.4 Å². The second-order valence-electron chi connectivity index (χ2n) is 7.21. The highest BCUT2D eigenvalue weighted by Gasteiger charge is 2.17. The molecule has 31 heavy (non-hydrogen) atoms. The van der Waals surface area contributed by atoms with Gasteiger partial charge in [-0.25, -0.2) is 4.79 Å². The van der Waals surface area contributed by atoms with Crippen LogP contribution in [0.2, 0.25) is 0 Å². The normalized spacial score (nSPS) is 11.1. The second kappa shape index (κ2) is 8.76.